The van der Waals surface area contributed by atoms with E-state index in [9.17, 15) is 9.59 Å². The first-order valence-electron chi connectivity index (χ1n) is 9.15. The van der Waals surface area contributed by atoms with E-state index in [1.807, 2.05) is 60.7 Å². The van der Waals surface area contributed by atoms with Crippen LogP contribution in [0.2, 0.25) is 0 Å². The van der Waals surface area contributed by atoms with Crippen molar-refractivity contribution in [1.29, 1.82) is 0 Å². The second kappa shape index (κ2) is 8.75. The van der Waals surface area contributed by atoms with Crippen molar-refractivity contribution < 1.29 is 9.59 Å². The van der Waals surface area contributed by atoms with E-state index in [1.54, 1.807) is 10.9 Å². The van der Waals surface area contributed by atoms with Gasteiger partial charge in [-0.2, -0.15) is 5.10 Å². The van der Waals surface area contributed by atoms with Gasteiger partial charge in [0.15, 0.2) is 5.65 Å². The summed E-state index contributed by atoms with van der Waals surface area (Å²) in [6.45, 7) is 0. The van der Waals surface area contributed by atoms with E-state index in [0.29, 0.717) is 10.7 Å². The Bertz CT molecular complexity index is 1180. The number of thioether (sulfide) groups is 1. The molecule has 150 valence electrons. The van der Waals surface area contributed by atoms with Gasteiger partial charge < -0.3 is 5.32 Å². The van der Waals surface area contributed by atoms with Crippen molar-refractivity contribution in [3.05, 3.63) is 78.8 Å². The standard InChI is InChI=1S/C21H18N6O2S/c1-22-21(29)26-19(28)17(14-8-4-2-5-9-14)30-20-16-12-25-27(18(16)23-13-24-20)15-10-6-3-7-11-15/h2-13,17H,1H3,(H2,22,26,28,29)/t17-/m1/s1. The second-order valence-electron chi connectivity index (χ2n) is 6.28. The Balaban J connectivity index is 1.72. The molecule has 8 nitrogen and oxygen atoms in total. The molecule has 0 aliphatic rings. The number of nitrogens with zero attached hydrogens (tertiary/aromatic N) is 4. The number of rotatable bonds is 5. The van der Waals surface area contributed by atoms with Gasteiger partial charge in [0.05, 0.1) is 17.3 Å². The molecule has 4 aromatic rings. The predicted octanol–water partition coefficient (Wildman–Crippen LogP) is 3.10. The maximum Gasteiger partial charge on any atom is 0.321 e. The van der Waals surface area contributed by atoms with Crippen molar-refractivity contribution in [1.82, 2.24) is 30.4 Å². The molecular weight excluding hydrogens is 400 g/mol. The highest BCUT2D eigenvalue weighted by Gasteiger charge is 2.25. The van der Waals surface area contributed by atoms with Crippen molar-refractivity contribution in [2.75, 3.05) is 7.05 Å². The molecule has 9 heteroatoms. The molecular formula is C21H18N6O2S. The monoisotopic (exact) mass is 418 g/mol. The highest BCUT2D eigenvalue weighted by Crippen LogP contribution is 2.37. The van der Waals surface area contributed by atoms with Crippen LogP contribution in [0.25, 0.3) is 16.7 Å². The molecule has 2 aromatic carbocycles. The summed E-state index contributed by atoms with van der Waals surface area (Å²) in [5, 5.41) is 9.84. The van der Waals surface area contributed by atoms with Crippen LogP contribution in [0, 0.1) is 0 Å². The van der Waals surface area contributed by atoms with E-state index in [-0.39, 0.29) is 0 Å². The Hall–Kier alpha value is -3.72. The van der Waals surface area contributed by atoms with Crippen molar-refractivity contribution >= 4 is 34.7 Å². The summed E-state index contributed by atoms with van der Waals surface area (Å²) in [7, 11) is 1.46. The summed E-state index contributed by atoms with van der Waals surface area (Å²) in [6, 6.07) is 18.3. The highest BCUT2D eigenvalue weighted by atomic mass is 32.2. The molecule has 0 bridgehead atoms. The number of hydrogen-bond acceptors (Lipinski definition) is 6. The maximum absolute atomic E-state index is 12.8. The van der Waals surface area contributed by atoms with Gasteiger partial charge in [-0.25, -0.2) is 19.4 Å². The average molecular weight is 418 g/mol. The number of imide groups is 1. The van der Waals surface area contributed by atoms with Gasteiger partial charge in [-0.1, -0.05) is 60.3 Å². The lowest BCUT2D eigenvalue weighted by Crippen LogP contribution is -2.39. The molecule has 30 heavy (non-hydrogen) atoms. The van der Waals surface area contributed by atoms with Crippen molar-refractivity contribution in [2.24, 2.45) is 0 Å². The van der Waals surface area contributed by atoms with Crippen molar-refractivity contribution in [3.8, 4) is 5.69 Å². The molecule has 0 aliphatic heterocycles. The first kappa shape index (κ1) is 19.6. The SMILES string of the molecule is CNC(=O)NC(=O)[C@H](Sc1ncnc2c1cnn2-c1ccccc1)c1ccccc1. The summed E-state index contributed by atoms with van der Waals surface area (Å²) in [5.41, 5.74) is 2.27. The van der Waals surface area contributed by atoms with Gasteiger partial charge >= 0.3 is 6.03 Å². The fourth-order valence-electron chi connectivity index (χ4n) is 2.93. The smallest absolute Gasteiger partial charge is 0.321 e. The minimum Gasteiger partial charge on any atom is -0.341 e. The number of fused-ring (bicyclic) bond motifs is 1. The average Bonchev–Trinajstić information content (AvgIpc) is 3.23. The van der Waals surface area contributed by atoms with Gasteiger partial charge in [0.25, 0.3) is 0 Å². The van der Waals surface area contributed by atoms with E-state index in [1.165, 1.54) is 25.1 Å². The quantitative estimate of drug-likeness (QED) is 0.381. The lowest BCUT2D eigenvalue weighted by Gasteiger charge is -2.16. The minimum absolute atomic E-state index is 0.437. The zero-order valence-corrected chi connectivity index (χ0v) is 16.8. The molecule has 0 radical (unpaired) electrons. The van der Waals surface area contributed by atoms with Gasteiger partial charge in [-0.3, -0.25) is 10.1 Å². The van der Waals surface area contributed by atoms with Gasteiger partial charge in [-0.05, 0) is 17.7 Å². The predicted molar refractivity (Wildman–Crippen MR) is 114 cm³/mol. The first-order chi connectivity index (χ1) is 14.7. The van der Waals surface area contributed by atoms with Crippen molar-refractivity contribution in [3.63, 3.8) is 0 Å². The molecule has 0 saturated heterocycles. The Labute approximate surface area is 176 Å². The molecule has 4 rings (SSSR count). The number of urea groups is 1. The van der Waals surface area contributed by atoms with Gasteiger partial charge in [0.1, 0.15) is 16.6 Å². The van der Waals surface area contributed by atoms with Crippen LogP contribution in [0.1, 0.15) is 10.8 Å². The summed E-state index contributed by atoms with van der Waals surface area (Å²) in [6.07, 6.45) is 3.13. The fourth-order valence-corrected chi connectivity index (χ4v) is 3.99. The van der Waals surface area contributed by atoms with Crippen molar-refractivity contribution in [2.45, 2.75) is 10.3 Å². The zero-order chi connectivity index (χ0) is 20.9. The third-order valence-corrected chi connectivity index (χ3v) is 5.63. The van der Waals surface area contributed by atoms with Gasteiger partial charge in [0.2, 0.25) is 5.91 Å². The third-order valence-electron chi connectivity index (χ3n) is 4.36. The van der Waals surface area contributed by atoms with Crippen LogP contribution >= 0.6 is 11.8 Å². The normalized spacial score (nSPS) is 11.8. The molecule has 1 atom stereocenters. The van der Waals surface area contributed by atoms with Crippen LogP contribution in [0.3, 0.4) is 0 Å². The molecule has 2 heterocycles. The first-order valence-corrected chi connectivity index (χ1v) is 10.0. The van der Waals surface area contributed by atoms with Crippen LogP contribution in [-0.2, 0) is 4.79 Å². The topological polar surface area (TPSA) is 102 Å². The van der Waals surface area contributed by atoms with Gasteiger partial charge in [0, 0.05) is 7.05 Å². The second-order valence-corrected chi connectivity index (χ2v) is 7.38. The van der Waals surface area contributed by atoms with E-state index >= 15 is 0 Å². The summed E-state index contributed by atoms with van der Waals surface area (Å²) >= 11 is 1.24. The number of amides is 3. The largest absolute Gasteiger partial charge is 0.341 e. The number of aromatic nitrogens is 4. The molecule has 2 aromatic heterocycles. The van der Waals surface area contributed by atoms with E-state index in [4.69, 9.17) is 0 Å². The number of nitrogens with one attached hydrogen (secondary N) is 2. The van der Waals surface area contributed by atoms with Crippen LogP contribution in [0.5, 0.6) is 0 Å². The van der Waals surface area contributed by atoms with Crippen LogP contribution in [0.15, 0.2) is 78.2 Å². The summed E-state index contributed by atoms with van der Waals surface area (Å²) in [4.78, 5) is 33.3. The molecule has 0 spiro atoms. The number of benzene rings is 2. The van der Waals surface area contributed by atoms with E-state index in [0.717, 1.165) is 16.6 Å². The molecule has 0 saturated carbocycles. The number of hydrogen-bond donors (Lipinski definition) is 2. The minimum atomic E-state index is -0.679. The molecule has 2 N–H and O–H groups in total. The van der Waals surface area contributed by atoms with Crippen LogP contribution in [-0.4, -0.2) is 38.7 Å². The van der Waals surface area contributed by atoms with Gasteiger partial charge in [-0.15, -0.1) is 0 Å². The number of para-hydroxylation sites is 1. The molecule has 3 amide bonds. The number of carbonyl (C=O) groups is 2. The van der Waals surface area contributed by atoms with Crippen LogP contribution < -0.4 is 10.6 Å². The number of carbonyl (C=O) groups excluding carboxylic acids is 2. The highest BCUT2D eigenvalue weighted by molar-refractivity contribution is 8.00. The van der Waals surface area contributed by atoms with E-state index < -0.39 is 17.2 Å². The molecule has 0 unspecified atom stereocenters. The zero-order valence-electron chi connectivity index (χ0n) is 16.0. The molecule has 0 fully saturated rings. The fraction of sp³-hybridized carbons (Fsp3) is 0.0952. The van der Waals surface area contributed by atoms with E-state index in [2.05, 4.69) is 25.7 Å². The maximum atomic E-state index is 12.8. The Morgan fingerprint density at radius 3 is 2.40 bits per heavy atom. The third kappa shape index (κ3) is 4.01. The lowest BCUT2D eigenvalue weighted by atomic mass is 10.1. The molecule has 0 aliphatic carbocycles. The lowest BCUT2D eigenvalue weighted by molar-refractivity contribution is -0.119. The Kier molecular flexibility index (Phi) is 5.71. The van der Waals surface area contributed by atoms with Crippen LogP contribution in [0.4, 0.5) is 4.79 Å². The summed E-state index contributed by atoms with van der Waals surface area (Å²) < 4.78 is 1.73. The summed E-state index contributed by atoms with van der Waals surface area (Å²) in [5.74, 6) is -0.437. The Morgan fingerprint density at radius 2 is 1.70 bits per heavy atom. The Morgan fingerprint density at radius 1 is 1.00 bits per heavy atom.